The van der Waals surface area contributed by atoms with Crippen molar-refractivity contribution in [2.75, 3.05) is 16.0 Å². The van der Waals surface area contributed by atoms with Crippen LogP contribution in [0.15, 0.2) is 78.9 Å². The Hall–Kier alpha value is -4.70. The third kappa shape index (κ3) is 5.71. The van der Waals surface area contributed by atoms with Gasteiger partial charge in [0.05, 0.1) is 11.6 Å². The van der Waals surface area contributed by atoms with E-state index >= 15 is 0 Å². The first-order valence-corrected chi connectivity index (χ1v) is 10.4. The molecule has 0 spiro atoms. The summed E-state index contributed by atoms with van der Waals surface area (Å²) in [6, 6.07) is 25.8. The van der Waals surface area contributed by atoms with Gasteiger partial charge in [-0.05, 0) is 74.5 Å². The quantitative estimate of drug-likeness (QED) is 0.359. The molecule has 0 radical (unpaired) electrons. The number of nitrogens with zero attached hydrogens (tertiary/aromatic N) is 3. The molecule has 0 aliphatic rings. The molecule has 3 N–H and O–H groups in total. The lowest BCUT2D eigenvalue weighted by molar-refractivity contribution is 0.102. The van der Waals surface area contributed by atoms with E-state index in [0.717, 1.165) is 11.4 Å². The molecule has 7 heteroatoms. The molecular weight excluding hydrogens is 412 g/mol. The first kappa shape index (κ1) is 21.5. The van der Waals surface area contributed by atoms with Crippen molar-refractivity contribution in [1.29, 1.82) is 5.26 Å². The molecule has 0 bridgehead atoms. The van der Waals surface area contributed by atoms with Crippen LogP contribution in [0.25, 0.3) is 0 Å². The summed E-state index contributed by atoms with van der Waals surface area (Å²) in [5, 5.41) is 18.3. The second-order valence-electron chi connectivity index (χ2n) is 7.52. The lowest BCUT2D eigenvalue weighted by Crippen LogP contribution is -2.11. The van der Waals surface area contributed by atoms with Crippen LogP contribution >= 0.6 is 0 Å². The van der Waals surface area contributed by atoms with Crippen LogP contribution in [-0.4, -0.2) is 15.9 Å². The first-order valence-electron chi connectivity index (χ1n) is 10.4. The molecular formula is C26H22N6O. The Balaban J connectivity index is 1.42. The van der Waals surface area contributed by atoms with Crippen LogP contribution in [0.2, 0.25) is 0 Å². The van der Waals surface area contributed by atoms with Crippen LogP contribution in [0, 0.1) is 25.2 Å². The molecule has 1 heterocycles. The summed E-state index contributed by atoms with van der Waals surface area (Å²) in [6.07, 6.45) is 0. The molecule has 1 aromatic heterocycles. The van der Waals surface area contributed by atoms with Gasteiger partial charge >= 0.3 is 0 Å². The van der Waals surface area contributed by atoms with E-state index < -0.39 is 0 Å². The number of rotatable bonds is 6. The Labute approximate surface area is 192 Å². The summed E-state index contributed by atoms with van der Waals surface area (Å²) in [5.74, 6) is 1.76. The van der Waals surface area contributed by atoms with E-state index in [2.05, 4.69) is 25.9 Å². The SMILES string of the molecule is Cc1ccc(Nc2cc(Nc3ccc(NC(=O)c4ccc(C#N)cc4)cc3)nc(C)n2)cc1. The zero-order chi connectivity index (χ0) is 23.2. The number of nitrogens with one attached hydrogen (secondary N) is 3. The van der Waals surface area contributed by atoms with E-state index in [9.17, 15) is 4.79 Å². The van der Waals surface area contributed by atoms with E-state index in [1.807, 2.05) is 74.5 Å². The Morgan fingerprint density at radius 2 is 1.27 bits per heavy atom. The van der Waals surface area contributed by atoms with Crippen LogP contribution in [0.1, 0.15) is 27.3 Å². The van der Waals surface area contributed by atoms with E-state index in [0.29, 0.717) is 34.3 Å². The van der Waals surface area contributed by atoms with Gasteiger partial charge in [0.25, 0.3) is 5.91 Å². The van der Waals surface area contributed by atoms with Gasteiger partial charge in [-0.15, -0.1) is 0 Å². The molecule has 4 aromatic rings. The molecule has 0 saturated heterocycles. The molecule has 0 aliphatic heterocycles. The van der Waals surface area contributed by atoms with Crippen LogP contribution in [-0.2, 0) is 0 Å². The normalized spacial score (nSPS) is 10.2. The maximum atomic E-state index is 12.4. The Morgan fingerprint density at radius 3 is 1.82 bits per heavy atom. The highest BCUT2D eigenvalue weighted by atomic mass is 16.1. The highest BCUT2D eigenvalue weighted by Crippen LogP contribution is 2.22. The molecule has 0 aliphatic carbocycles. The zero-order valence-corrected chi connectivity index (χ0v) is 18.3. The van der Waals surface area contributed by atoms with Crippen molar-refractivity contribution in [2.24, 2.45) is 0 Å². The van der Waals surface area contributed by atoms with Crippen molar-refractivity contribution in [3.63, 3.8) is 0 Å². The predicted molar refractivity (Wildman–Crippen MR) is 130 cm³/mol. The van der Waals surface area contributed by atoms with Crippen molar-refractivity contribution in [3.8, 4) is 6.07 Å². The fourth-order valence-electron chi connectivity index (χ4n) is 3.16. The second kappa shape index (κ2) is 9.62. The van der Waals surface area contributed by atoms with E-state index in [-0.39, 0.29) is 5.91 Å². The summed E-state index contributed by atoms with van der Waals surface area (Å²) < 4.78 is 0. The van der Waals surface area contributed by atoms with Crippen LogP contribution in [0.3, 0.4) is 0 Å². The first-order chi connectivity index (χ1) is 16.0. The van der Waals surface area contributed by atoms with Gasteiger partial charge in [-0.25, -0.2) is 9.97 Å². The molecule has 0 saturated carbocycles. The molecule has 4 rings (SSSR count). The molecule has 0 fully saturated rings. The van der Waals surface area contributed by atoms with Gasteiger partial charge in [-0.1, -0.05) is 17.7 Å². The van der Waals surface area contributed by atoms with Gasteiger partial charge < -0.3 is 16.0 Å². The largest absolute Gasteiger partial charge is 0.340 e. The summed E-state index contributed by atoms with van der Waals surface area (Å²) in [4.78, 5) is 21.3. The van der Waals surface area contributed by atoms with E-state index in [1.54, 1.807) is 24.3 Å². The molecule has 3 aromatic carbocycles. The third-order valence-electron chi connectivity index (χ3n) is 4.85. The number of amides is 1. The standard InChI is InChI=1S/C26H22N6O/c1-17-3-9-21(10-4-17)30-24-15-25(29-18(2)28-24)31-22-11-13-23(14-12-22)32-26(33)20-7-5-19(16-27)6-8-20/h3-15H,1-2H3,(H,32,33)(H2,28,29,30,31). The molecule has 1 amide bonds. The van der Waals surface area contributed by atoms with Gasteiger partial charge in [-0.2, -0.15) is 5.26 Å². The minimum Gasteiger partial charge on any atom is -0.340 e. The van der Waals surface area contributed by atoms with Crippen LogP contribution in [0.5, 0.6) is 0 Å². The summed E-state index contributed by atoms with van der Waals surface area (Å²) in [5.41, 5.74) is 4.63. The van der Waals surface area contributed by atoms with Crippen LogP contribution < -0.4 is 16.0 Å². The van der Waals surface area contributed by atoms with Crippen molar-refractivity contribution in [1.82, 2.24) is 9.97 Å². The zero-order valence-electron chi connectivity index (χ0n) is 18.3. The van der Waals surface area contributed by atoms with Crippen molar-refractivity contribution < 1.29 is 4.79 Å². The molecule has 33 heavy (non-hydrogen) atoms. The average molecular weight is 435 g/mol. The number of carbonyl (C=O) groups excluding carboxylic acids is 1. The lowest BCUT2D eigenvalue weighted by atomic mass is 10.1. The Kier molecular flexibility index (Phi) is 6.28. The molecule has 0 atom stereocenters. The fraction of sp³-hybridized carbons (Fsp3) is 0.0769. The number of nitriles is 1. The van der Waals surface area contributed by atoms with Gasteiger partial charge in [0.1, 0.15) is 17.5 Å². The van der Waals surface area contributed by atoms with E-state index in [1.165, 1.54) is 5.56 Å². The Bertz CT molecular complexity index is 1310. The van der Waals surface area contributed by atoms with Gasteiger partial charge in [0.15, 0.2) is 0 Å². The highest BCUT2D eigenvalue weighted by molar-refractivity contribution is 6.04. The van der Waals surface area contributed by atoms with Gasteiger partial charge in [0.2, 0.25) is 0 Å². The minimum absolute atomic E-state index is 0.238. The summed E-state index contributed by atoms with van der Waals surface area (Å²) in [6.45, 7) is 3.89. The minimum atomic E-state index is -0.238. The molecule has 162 valence electrons. The topological polar surface area (TPSA) is 103 Å². The number of anilines is 5. The van der Waals surface area contributed by atoms with Crippen molar-refractivity contribution in [3.05, 3.63) is 101 Å². The fourth-order valence-corrected chi connectivity index (χ4v) is 3.16. The lowest BCUT2D eigenvalue weighted by Gasteiger charge is -2.11. The van der Waals surface area contributed by atoms with Crippen molar-refractivity contribution >= 4 is 34.6 Å². The number of hydrogen-bond acceptors (Lipinski definition) is 6. The van der Waals surface area contributed by atoms with Crippen molar-refractivity contribution in [2.45, 2.75) is 13.8 Å². The monoisotopic (exact) mass is 434 g/mol. The average Bonchev–Trinajstić information content (AvgIpc) is 2.81. The maximum absolute atomic E-state index is 12.4. The predicted octanol–water partition coefficient (Wildman–Crippen LogP) is 5.70. The number of benzene rings is 3. The highest BCUT2D eigenvalue weighted by Gasteiger charge is 2.07. The third-order valence-corrected chi connectivity index (χ3v) is 4.85. The summed E-state index contributed by atoms with van der Waals surface area (Å²) >= 11 is 0. The van der Waals surface area contributed by atoms with Crippen LogP contribution in [0.4, 0.5) is 28.7 Å². The van der Waals surface area contributed by atoms with E-state index in [4.69, 9.17) is 5.26 Å². The number of aromatic nitrogens is 2. The number of aryl methyl sites for hydroxylation is 2. The smallest absolute Gasteiger partial charge is 0.255 e. The maximum Gasteiger partial charge on any atom is 0.255 e. The van der Waals surface area contributed by atoms with Gasteiger partial charge in [0, 0.05) is 28.7 Å². The molecule has 7 nitrogen and oxygen atoms in total. The molecule has 0 unspecified atom stereocenters. The number of hydrogen-bond donors (Lipinski definition) is 3. The Morgan fingerprint density at radius 1 is 0.758 bits per heavy atom. The number of carbonyl (C=O) groups is 1. The summed E-state index contributed by atoms with van der Waals surface area (Å²) in [7, 11) is 0. The second-order valence-corrected chi connectivity index (χ2v) is 7.52. The van der Waals surface area contributed by atoms with Gasteiger partial charge in [-0.3, -0.25) is 4.79 Å².